The third-order valence-corrected chi connectivity index (χ3v) is 2.74. The molecule has 1 fully saturated rings. The molecule has 6 nitrogen and oxygen atoms in total. The predicted molar refractivity (Wildman–Crippen MR) is 61.3 cm³/mol. The van der Waals surface area contributed by atoms with E-state index in [9.17, 15) is 17.8 Å². The molecule has 0 aromatic carbocycles. The first kappa shape index (κ1) is 16.5. The number of rotatable bonds is 3. The molecule has 0 radical (unpaired) electrons. The summed E-state index contributed by atoms with van der Waals surface area (Å²) in [6, 6.07) is 0. The quantitative estimate of drug-likeness (QED) is 0.522. The lowest BCUT2D eigenvalue weighted by Crippen LogP contribution is -3.14. The molecule has 102 valence electrons. The Labute approximate surface area is 103 Å². The number of hydrogen-bond donors (Lipinski definition) is 1. The Hall–Kier alpha value is -0.500. The van der Waals surface area contributed by atoms with E-state index in [4.69, 9.17) is 0 Å². The lowest BCUT2D eigenvalue weighted by Gasteiger charge is -2.23. The molecule has 0 aromatic rings. The van der Waals surface area contributed by atoms with Crippen LogP contribution in [0.25, 0.3) is 0 Å². The van der Waals surface area contributed by atoms with E-state index in [-0.39, 0.29) is 0 Å². The van der Waals surface area contributed by atoms with Crippen LogP contribution in [0, 0.1) is 5.92 Å². The molecule has 0 aliphatic carbocycles. The van der Waals surface area contributed by atoms with E-state index in [0.717, 1.165) is 39.0 Å². The van der Waals surface area contributed by atoms with Gasteiger partial charge >= 0.3 is 0 Å². The number of hydrogen-bond acceptors (Lipinski definition) is 5. The zero-order valence-corrected chi connectivity index (χ0v) is 11.4. The smallest absolute Gasteiger partial charge is 0.217 e. The predicted octanol–water partition coefficient (Wildman–Crippen LogP) is -1.02. The minimum atomic E-state index is -4.41. The summed E-state index contributed by atoms with van der Waals surface area (Å²) in [5, 5.41) is 0. The number of Topliss-reactive ketones (excluding diaryl/α,β-unsaturated/α-hetero) is 1. The molecular formula is C10H21NO5S. The maximum atomic E-state index is 11.0. The van der Waals surface area contributed by atoms with Crippen LogP contribution in [-0.4, -0.2) is 45.5 Å². The van der Waals surface area contributed by atoms with Crippen LogP contribution in [0.1, 0.15) is 26.7 Å². The molecule has 0 saturated carbocycles. The summed E-state index contributed by atoms with van der Waals surface area (Å²) in [6.07, 6.45) is 1.92. The van der Waals surface area contributed by atoms with E-state index in [1.807, 2.05) is 0 Å². The first-order valence-electron chi connectivity index (χ1n) is 5.61. The highest BCUT2D eigenvalue weighted by molar-refractivity contribution is 7.80. The number of likely N-dealkylation sites (tertiary alicyclic amines) is 1. The highest BCUT2D eigenvalue weighted by Crippen LogP contribution is 1.92. The molecule has 1 atom stereocenters. The van der Waals surface area contributed by atoms with Crippen molar-refractivity contribution in [1.82, 2.24) is 0 Å². The number of carbonyl (C=O) groups is 1. The molecule has 1 aliphatic heterocycles. The first-order valence-corrected chi connectivity index (χ1v) is 6.94. The summed E-state index contributed by atoms with van der Waals surface area (Å²) in [5.74, 6) is 1.17. The third-order valence-electron chi connectivity index (χ3n) is 2.33. The fraction of sp³-hybridized carbons (Fsp3) is 0.900. The lowest BCUT2D eigenvalue weighted by atomic mass is 10.1. The molecule has 1 N–H and O–H groups in total. The van der Waals surface area contributed by atoms with Gasteiger partial charge in [0, 0.05) is 18.8 Å². The molecule has 1 rings (SSSR count). The summed E-state index contributed by atoms with van der Waals surface area (Å²) in [7, 11) is -3.60. The van der Waals surface area contributed by atoms with Gasteiger partial charge in [-0.2, -0.15) is 0 Å². The SMILES string of the molecule is CC(C)C[NH+]1CCCC(=O)C1.COS(=O)(=O)[O-]. The van der Waals surface area contributed by atoms with Gasteiger partial charge in [0.05, 0.1) is 20.2 Å². The van der Waals surface area contributed by atoms with Crippen molar-refractivity contribution in [1.29, 1.82) is 0 Å². The second-order valence-corrected chi connectivity index (χ2v) is 5.64. The Bertz CT molecular complexity index is 326. The van der Waals surface area contributed by atoms with Gasteiger partial charge in [-0.1, -0.05) is 13.8 Å². The summed E-state index contributed by atoms with van der Waals surface area (Å²) >= 11 is 0. The van der Waals surface area contributed by atoms with Crippen LogP contribution in [0.5, 0.6) is 0 Å². The fourth-order valence-corrected chi connectivity index (χ4v) is 1.74. The highest BCUT2D eigenvalue weighted by atomic mass is 32.3. The Balaban J connectivity index is 0.000000366. The zero-order valence-electron chi connectivity index (χ0n) is 10.6. The molecular weight excluding hydrogens is 246 g/mol. The van der Waals surface area contributed by atoms with Gasteiger partial charge in [0.2, 0.25) is 10.4 Å². The fourth-order valence-electron chi connectivity index (χ4n) is 1.74. The highest BCUT2D eigenvalue weighted by Gasteiger charge is 2.20. The summed E-state index contributed by atoms with van der Waals surface area (Å²) in [4.78, 5) is 12.5. The second-order valence-electron chi connectivity index (χ2n) is 4.49. The normalized spacial score (nSPS) is 21.0. The van der Waals surface area contributed by atoms with Gasteiger partial charge in [-0.25, -0.2) is 8.42 Å². The zero-order chi connectivity index (χ0) is 13.5. The van der Waals surface area contributed by atoms with Crippen LogP contribution in [0.2, 0.25) is 0 Å². The third kappa shape index (κ3) is 10.4. The van der Waals surface area contributed by atoms with Gasteiger partial charge in [0.25, 0.3) is 0 Å². The van der Waals surface area contributed by atoms with Crippen molar-refractivity contribution in [3.05, 3.63) is 0 Å². The lowest BCUT2D eigenvalue weighted by molar-refractivity contribution is -0.897. The Morgan fingerprint density at radius 2 is 2.00 bits per heavy atom. The van der Waals surface area contributed by atoms with Crippen LogP contribution in [0.3, 0.4) is 0 Å². The molecule has 1 heterocycles. The number of piperidine rings is 1. The molecule has 1 aliphatic rings. The van der Waals surface area contributed by atoms with Crippen molar-refractivity contribution in [3.63, 3.8) is 0 Å². The monoisotopic (exact) mass is 267 g/mol. The van der Waals surface area contributed by atoms with E-state index in [0.29, 0.717) is 5.78 Å². The van der Waals surface area contributed by atoms with Crippen LogP contribution >= 0.6 is 0 Å². The molecule has 7 heteroatoms. The van der Waals surface area contributed by atoms with Crippen LogP contribution in [0.4, 0.5) is 0 Å². The van der Waals surface area contributed by atoms with Crippen LogP contribution in [0.15, 0.2) is 0 Å². The largest absolute Gasteiger partial charge is 0.726 e. The van der Waals surface area contributed by atoms with E-state index < -0.39 is 10.4 Å². The van der Waals surface area contributed by atoms with Crippen molar-refractivity contribution < 1.29 is 26.8 Å². The molecule has 17 heavy (non-hydrogen) atoms. The van der Waals surface area contributed by atoms with E-state index in [2.05, 4.69) is 18.0 Å². The average Bonchev–Trinajstić information content (AvgIpc) is 2.16. The maximum Gasteiger partial charge on any atom is 0.217 e. The van der Waals surface area contributed by atoms with E-state index >= 15 is 0 Å². The van der Waals surface area contributed by atoms with Gasteiger partial charge < -0.3 is 9.45 Å². The summed E-state index contributed by atoms with van der Waals surface area (Å²) < 4.78 is 31.0. The number of carbonyl (C=O) groups excluding carboxylic acids is 1. The van der Waals surface area contributed by atoms with Gasteiger partial charge in [0.1, 0.15) is 6.54 Å². The van der Waals surface area contributed by atoms with E-state index in [1.165, 1.54) is 11.4 Å². The standard InChI is InChI=1S/C9H17NO.CH4O4S/c1-8(2)6-10-5-3-4-9(11)7-10;1-5-6(2,3)4/h8H,3-7H2,1-2H3;1H3,(H,2,3,4). The molecule has 0 aromatic heterocycles. The second kappa shape index (κ2) is 7.75. The van der Waals surface area contributed by atoms with Crippen molar-refractivity contribution >= 4 is 16.2 Å². The van der Waals surface area contributed by atoms with Crippen LogP contribution < -0.4 is 4.90 Å². The molecule has 1 unspecified atom stereocenters. The number of quaternary nitrogens is 1. The summed E-state index contributed by atoms with van der Waals surface area (Å²) in [5.41, 5.74) is 0. The van der Waals surface area contributed by atoms with Gasteiger partial charge in [-0.05, 0) is 0 Å². The van der Waals surface area contributed by atoms with E-state index in [1.54, 1.807) is 0 Å². The Morgan fingerprint density at radius 3 is 2.35 bits per heavy atom. The topological polar surface area (TPSA) is 87.9 Å². The minimum Gasteiger partial charge on any atom is -0.726 e. The minimum absolute atomic E-state index is 0.451. The molecule has 0 spiro atoms. The van der Waals surface area contributed by atoms with Crippen molar-refractivity contribution in [2.75, 3.05) is 26.7 Å². The maximum absolute atomic E-state index is 11.0. The average molecular weight is 267 g/mol. The van der Waals surface area contributed by atoms with Gasteiger partial charge in [-0.15, -0.1) is 0 Å². The van der Waals surface area contributed by atoms with Gasteiger partial charge in [-0.3, -0.25) is 8.98 Å². The van der Waals surface area contributed by atoms with Crippen molar-refractivity contribution in [3.8, 4) is 0 Å². The number of ketones is 1. The van der Waals surface area contributed by atoms with Crippen molar-refractivity contribution in [2.45, 2.75) is 26.7 Å². The Morgan fingerprint density at radius 1 is 1.47 bits per heavy atom. The Kier molecular flexibility index (Phi) is 7.53. The van der Waals surface area contributed by atoms with Crippen molar-refractivity contribution in [2.24, 2.45) is 5.92 Å². The molecule has 0 amide bonds. The molecule has 1 saturated heterocycles. The first-order chi connectivity index (χ1) is 7.74. The number of nitrogens with one attached hydrogen (secondary N) is 1. The van der Waals surface area contributed by atoms with Crippen LogP contribution in [-0.2, 0) is 19.4 Å². The van der Waals surface area contributed by atoms with Gasteiger partial charge in [0.15, 0.2) is 5.78 Å². The molecule has 0 bridgehead atoms. The summed E-state index contributed by atoms with van der Waals surface area (Å²) in [6.45, 7) is 7.56.